The average Bonchev–Trinajstić information content (AvgIpc) is 3.08. The highest BCUT2D eigenvalue weighted by atomic mass is 32.2. The molecule has 1 aliphatic rings. The molecule has 0 fully saturated rings. The Kier molecular flexibility index (Phi) is 4.23. The Bertz CT molecular complexity index is 1040. The van der Waals surface area contributed by atoms with Gasteiger partial charge in [0.2, 0.25) is 0 Å². The Morgan fingerprint density at radius 3 is 2.81 bits per heavy atom. The molecule has 4 rings (SSSR count). The monoisotopic (exact) mass is 361 g/mol. The molecule has 0 spiro atoms. The third-order valence-corrected chi connectivity index (χ3v) is 5.37. The maximum Gasteiger partial charge on any atom is 0.359 e. The number of carbonyl (C=O) groups excluding carboxylic acids is 1. The lowest BCUT2D eigenvalue weighted by Gasteiger charge is -2.19. The molecule has 0 aliphatic carbocycles. The Morgan fingerprint density at radius 1 is 1.27 bits per heavy atom. The first-order valence-corrected chi connectivity index (χ1v) is 9.24. The standard InChI is InChI=1S/C20H15N3O2S/c1-2-25-20(24)17-16-12-26-19-13(11-21)7-6-10-15(19)18(16)23(22-17)14-8-4-3-5-9-14/h3-10H,2,12H2,1H3. The lowest BCUT2D eigenvalue weighted by atomic mass is 10.0. The fraction of sp³-hybridized carbons (Fsp3) is 0.150. The SMILES string of the molecule is CCOC(=O)c1nn(-c2ccccc2)c2c1CSc1c(C#N)cccc1-2. The number of rotatable bonds is 3. The summed E-state index contributed by atoms with van der Waals surface area (Å²) in [5.41, 5.74) is 4.45. The van der Waals surface area contributed by atoms with Crippen LogP contribution in [0.3, 0.4) is 0 Å². The van der Waals surface area contributed by atoms with Gasteiger partial charge in [0.15, 0.2) is 5.69 Å². The van der Waals surface area contributed by atoms with Gasteiger partial charge in [-0.3, -0.25) is 0 Å². The third-order valence-electron chi connectivity index (χ3n) is 4.20. The molecule has 2 aromatic carbocycles. The van der Waals surface area contributed by atoms with Crippen molar-refractivity contribution in [1.29, 1.82) is 5.26 Å². The summed E-state index contributed by atoms with van der Waals surface area (Å²) in [6, 6.07) is 17.6. The summed E-state index contributed by atoms with van der Waals surface area (Å²) in [5, 5.41) is 14.0. The lowest BCUT2D eigenvalue weighted by Crippen LogP contribution is -2.08. The van der Waals surface area contributed by atoms with Gasteiger partial charge in [-0.2, -0.15) is 10.4 Å². The number of hydrogen-bond acceptors (Lipinski definition) is 5. The molecule has 128 valence electrons. The van der Waals surface area contributed by atoms with Crippen molar-refractivity contribution in [3.8, 4) is 23.0 Å². The lowest BCUT2D eigenvalue weighted by molar-refractivity contribution is 0.0518. The zero-order valence-electron chi connectivity index (χ0n) is 14.1. The summed E-state index contributed by atoms with van der Waals surface area (Å²) in [6.07, 6.45) is 0. The first-order valence-electron chi connectivity index (χ1n) is 8.25. The zero-order valence-corrected chi connectivity index (χ0v) is 14.9. The summed E-state index contributed by atoms with van der Waals surface area (Å²) in [4.78, 5) is 13.4. The number of nitrogens with zero attached hydrogens (tertiary/aromatic N) is 3. The molecule has 0 N–H and O–H groups in total. The van der Waals surface area contributed by atoms with Crippen molar-refractivity contribution in [3.63, 3.8) is 0 Å². The first kappa shape index (κ1) is 16.4. The second-order valence-corrected chi connectivity index (χ2v) is 6.71. The molecule has 0 radical (unpaired) electrons. The minimum absolute atomic E-state index is 0.300. The molecule has 6 heteroatoms. The van der Waals surface area contributed by atoms with Gasteiger partial charge in [-0.05, 0) is 25.1 Å². The van der Waals surface area contributed by atoms with E-state index in [1.165, 1.54) is 0 Å². The van der Waals surface area contributed by atoms with E-state index in [1.807, 2.05) is 48.5 Å². The Hall–Kier alpha value is -3.04. The summed E-state index contributed by atoms with van der Waals surface area (Å²) < 4.78 is 6.98. The number of hydrogen-bond donors (Lipinski definition) is 0. The van der Waals surface area contributed by atoms with Crippen molar-refractivity contribution < 1.29 is 9.53 Å². The van der Waals surface area contributed by atoms with Crippen molar-refractivity contribution >= 4 is 17.7 Å². The Balaban J connectivity index is 2.00. The fourth-order valence-corrected chi connectivity index (χ4v) is 4.25. The van der Waals surface area contributed by atoms with Crippen LogP contribution < -0.4 is 0 Å². The number of fused-ring (bicyclic) bond motifs is 3. The molecule has 0 unspecified atom stereocenters. The van der Waals surface area contributed by atoms with Gasteiger partial charge >= 0.3 is 5.97 Å². The van der Waals surface area contributed by atoms with Crippen LogP contribution in [0.5, 0.6) is 0 Å². The minimum Gasteiger partial charge on any atom is -0.461 e. The predicted octanol–water partition coefficient (Wildman–Crippen LogP) is 4.19. The van der Waals surface area contributed by atoms with E-state index >= 15 is 0 Å². The Labute approximate surface area is 155 Å². The van der Waals surface area contributed by atoms with E-state index in [-0.39, 0.29) is 0 Å². The van der Waals surface area contributed by atoms with Crippen LogP contribution in [0.4, 0.5) is 0 Å². The van der Waals surface area contributed by atoms with Crippen LogP contribution in [-0.2, 0) is 10.5 Å². The average molecular weight is 361 g/mol. The van der Waals surface area contributed by atoms with Crippen LogP contribution in [0.25, 0.3) is 16.9 Å². The van der Waals surface area contributed by atoms with Gasteiger partial charge in [0, 0.05) is 21.8 Å². The number of thioether (sulfide) groups is 1. The van der Waals surface area contributed by atoms with E-state index in [4.69, 9.17) is 4.74 Å². The molecule has 26 heavy (non-hydrogen) atoms. The van der Waals surface area contributed by atoms with Crippen molar-refractivity contribution in [2.75, 3.05) is 6.61 Å². The van der Waals surface area contributed by atoms with E-state index < -0.39 is 5.97 Å². The predicted molar refractivity (Wildman–Crippen MR) is 99.2 cm³/mol. The van der Waals surface area contributed by atoms with Gasteiger partial charge in [0.05, 0.1) is 23.6 Å². The number of aromatic nitrogens is 2. The summed E-state index contributed by atoms with van der Waals surface area (Å²) >= 11 is 1.56. The highest BCUT2D eigenvalue weighted by Gasteiger charge is 2.30. The number of ether oxygens (including phenoxy) is 1. The van der Waals surface area contributed by atoms with Gasteiger partial charge in [-0.15, -0.1) is 11.8 Å². The normalized spacial score (nSPS) is 12.0. The molecule has 0 atom stereocenters. The number of esters is 1. The van der Waals surface area contributed by atoms with E-state index in [0.717, 1.165) is 27.4 Å². The van der Waals surface area contributed by atoms with Crippen LogP contribution >= 0.6 is 11.8 Å². The number of benzene rings is 2. The minimum atomic E-state index is -0.418. The molecule has 2 heterocycles. The highest BCUT2D eigenvalue weighted by Crippen LogP contribution is 2.45. The maximum absolute atomic E-state index is 12.4. The highest BCUT2D eigenvalue weighted by molar-refractivity contribution is 7.98. The van der Waals surface area contributed by atoms with E-state index in [1.54, 1.807) is 23.4 Å². The van der Waals surface area contributed by atoms with Crippen LogP contribution in [0.15, 0.2) is 53.4 Å². The number of carbonyl (C=O) groups is 1. The van der Waals surface area contributed by atoms with E-state index in [0.29, 0.717) is 23.6 Å². The molecule has 0 saturated carbocycles. The fourth-order valence-electron chi connectivity index (χ4n) is 3.09. The van der Waals surface area contributed by atoms with E-state index in [9.17, 15) is 10.1 Å². The van der Waals surface area contributed by atoms with Crippen LogP contribution in [-0.4, -0.2) is 22.4 Å². The summed E-state index contributed by atoms with van der Waals surface area (Å²) in [7, 11) is 0. The molecule has 5 nitrogen and oxygen atoms in total. The largest absolute Gasteiger partial charge is 0.461 e. The zero-order chi connectivity index (χ0) is 18.1. The van der Waals surface area contributed by atoms with Crippen molar-refractivity contribution in [2.45, 2.75) is 17.6 Å². The van der Waals surface area contributed by atoms with Crippen LogP contribution in [0, 0.1) is 11.3 Å². The van der Waals surface area contributed by atoms with Gasteiger partial charge in [-0.25, -0.2) is 9.48 Å². The molecule has 0 saturated heterocycles. The van der Waals surface area contributed by atoms with Crippen LogP contribution in [0.2, 0.25) is 0 Å². The molecule has 3 aromatic rings. The summed E-state index contributed by atoms with van der Waals surface area (Å²) in [6.45, 7) is 2.08. The number of nitriles is 1. The molecule has 1 aromatic heterocycles. The van der Waals surface area contributed by atoms with Crippen molar-refractivity contribution in [1.82, 2.24) is 9.78 Å². The quantitative estimate of drug-likeness (QED) is 0.654. The van der Waals surface area contributed by atoms with Crippen molar-refractivity contribution in [3.05, 3.63) is 65.4 Å². The maximum atomic E-state index is 12.4. The second-order valence-electron chi connectivity index (χ2n) is 5.73. The number of para-hydroxylation sites is 1. The smallest absolute Gasteiger partial charge is 0.359 e. The van der Waals surface area contributed by atoms with Crippen molar-refractivity contribution in [2.24, 2.45) is 0 Å². The topological polar surface area (TPSA) is 67.9 Å². The van der Waals surface area contributed by atoms with Gasteiger partial charge in [0.25, 0.3) is 0 Å². The van der Waals surface area contributed by atoms with Gasteiger partial charge in [-0.1, -0.05) is 30.3 Å². The molecule has 0 bridgehead atoms. The molecule has 0 amide bonds. The molecular formula is C20H15N3O2S. The summed E-state index contributed by atoms with van der Waals surface area (Å²) in [5.74, 6) is 0.154. The first-order chi connectivity index (χ1) is 12.7. The Morgan fingerprint density at radius 2 is 2.08 bits per heavy atom. The molecule has 1 aliphatic heterocycles. The van der Waals surface area contributed by atoms with Crippen LogP contribution in [0.1, 0.15) is 28.5 Å². The van der Waals surface area contributed by atoms with Gasteiger partial charge in [0.1, 0.15) is 6.07 Å². The molecular weight excluding hydrogens is 346 g/mol. The van der Waals surface area contributed by atoms with Gasteiger partial charge < -0.3 is 4.74 Å². The third kappa shape index (κ3) is 2.57. The van der Waals surface area contributed by atoms with E-state index in [2.05, 4.69) is 11.2 Å². The second kappa shape index (κ2) is 6.70.